The molecule has 0 heterocycles. The lowest BCUT2D eigenvalue weighted by atomic mass is 10.3. The van der Waals surface area contributed by atoms with Gasteiger partial charge >= 0.3 is 0 Å². The molecular weight excluding hydrogens is 190 g/mol. The first-order valence-electron chi connectivity index (χ1n) is 3.47. The minimum absolute atomic E-state index is 0.109. The van der Waals surface area contributed by atoms with Crippen LogP contribution in [0.5, 0.6) is 5.75 Å². The maximum Gasteiger partial charge on any atom is 0.238 e. The van der Waals surface area contributed by atoms with Crippen LogP contribution in [0.2, 0.25) is 0 Å². The number of rotatable bonds is 1. The van der Waals surface area contributed by atoms with Crippen LogP contribution in [0.4, 0.5) is 0 Å². The zero-order valence-electron chi connectivity index (χ0n) is 7.14. The van der Waals surface area contributed by atoms with Crippen molar-refractivity contribution in [3.8, 4) is 5.75 Å². The molecule has 0 aliphatic heterocycles. The second-order valence-electron chi connectivity index (χ2n) is 2.34. The van der Waals surface area contributed by atoms with Crippen molar-refractivity contribution >= 4 is 0 Å². The number of nitrogens with one attached hydrogen (secondary N) is 1. The average molecular weight is 196 g/mol. The highest BCUT2D eigenvalue weighted by atomic mass is 16.5. The van der Waals surface area contributed by atoms with Crippen molar-refractivity contribution in [1.82, 2.24) is 0 Å². The van der Waals surface area contributed by atoms with Gasteiger partial charge in [-0.1, -0.05) is 5.16 Å². The van der Waals surface area contributed by atoms with E-state index in [1.165, 1.54) is 7.11 Å². The van der Waals surface area contributed by atoms with Crippen LogP contribution in [0.1, 0.15) is 0 Å². The zero-order chi connectivity index (χ0) is 10.7. The van der Waals surface area contributed by atoms with Crippen LogP contribution in [-0.2, 0) is 0 Å². The Hall–Kier alpha value is -2.18. The average Bonchev–Trinajstić information content (AvgIpc) is 2.17. The van der Waals surface area contributed by atoms with Crippen molar-refractivity contribution in [2.75, 3.05) is 7.11 Å². The smallest absolute Gasteiger partial charge is 0.238 e. The molecule has 0 aliphatic carbocycles. The number of ether oxygens (including phenoxy) is 1. The number of methoxy groups -OCH3 is 1. The number of hydrogen-bond donors (Lipinski definition) is 2. The monoisotopic (exact) mass is 196 g/mol. The van der Waals surface area contributed by atoms with Gasteiger partial charge in [-0.25, -0.2) is 0 Å². The highest BCUT2D eigenvalue weighted by Gasteiger charge is 2.04. The van der Waals surface area contributed by atoms with Gasteiger partial charge in [-0.2, -0.15) is 0 Å². The van der Waals surface area contributed by atoms with E-state index in [0.29, 0.717) is 0 Å². The third-order valence-electron chi connectivity index (χ3n) is 1.61. The zero-order valence-corrected chi connectivity index (χ0v) is 7.14. The van der Waals surface area contributed by atoms with Crippen molar-refractivity contribution in [3.05, 3.63) is 37.6 Å². The normalized spacial score (nSPS) is 13.2. The van der Waals surface area contributed by atoms with Crippen LogP contribution in [0.25, 0.3) is 0 Å². The SMILES string of the molecule is COc1cc(=N)c(=NO)c(=O)c1=N[O-]. The molecule has 7 nitrogen and oxygen atoms in total. The number of benzene rings is 1. The van der Waals surface area contributed by atoms with E-state index >= 15 is 0 Å². The second kappa shape index (κ2) is 3.69. The fourth-order valence-corrected chi connectivity index (χ4v) is 0.955. The van der Waals surface area contributed by atoms with Gasteiger partial charge in [0, 0.05) is 6.07 Å². The van der Waals surface area contributed by atoms with Crippen LogP contribution in [0.3, 0.4) is 0 Å². The third kappa shape index (κ3) is 1.35. The highest BCUT2D eigenvalue weighted by Crippen LogP contribution is 1.91. The summed E-state index contributed by atoms with van der Waals surface area (Å²) >= 11 is 0. The van der Waals surface area contributed by atoms with E-state index in [-0.39, 0.29) is 11.1 Å². The predicted molar refractivity (Wildman–Crippen MR) is 43.8 cm³/mol. The Kier molecular flexibility index (Phi) is 2.61. The van der Waals surface area contributed by atoms with E-state index in [1.54, 1.807) is 0 Å². The van der Waals surface area contributed by atoms with Gasteiger partial charge in [0.1, 0.15) is 11.1 Å². The minimum Gasteiger partial charge on any atom is -0.791 e. The summed E-state index contributed by atoms with van der Waals surface area (Å²) in [5.41, 5.74) is -0.924. The lowest BCUT2D eigenvalue weighted by Gasteiger charge is -1.99. The van der Waals surface area contributed by atoms with Crippen LogP contribution < -0.4 is 26.2 Å². The van der Waals surface area contributed by atoms with Crippen molar-refractivity contribution in [2.45, 2.75) is 0 Å². The van der Waals surface area contributed by atoms with E-state index in [0.717, 1.165) is 6.07 Å². The molecule has 1 aromatic carbocycles. The summed E-state index contributed by atoms with van der Waals surface area (Å²) in [4.78, 5) is 11.3. The summed E-state index contributed by atoms with van der Waals surface area (Å²) in [5.74, 6) is -0.109. The molecule has 0 saturated heterocycles. The van der Waals surface area contributed by atoms with Crippen LogP contribution in [0.15, 0.2) is 21.2 Å². The van der Waals surface area contributed by atoms with Crippen LogP contribution in [-0.4, -0.2) is 12.3 Å². The van der Waals surface area contributed by atoms with Gasteiger partial charge in [0.2, 0.25) is 5.43 Å². The molecule has 0 unspecified atom stereocenters. The Balaban J connectivity index is 3.96. The second-order valence-corrected chi connectivity index (χ2v) is 2.34. The van der Waals surface area contributed by atoms with Crippen molar-refractivity contribution in [3.63, 3.8) is 0 Å². The summed E-state index contributed by atoms with van der Waals surface area (Å²) in [6.45, 7) is 0. The number of hydrogen-bond acceptors (Lipinski definition) is 7. The quantitative estimate of drug-likeness (QED) is 0.402. The molecule has 14 heavy (non-hydrogen) atoms. The molecule has 0 saturated carbocycles. The molecule has 0 atom stereocenters. The van der Waals surface area contributed by atoms with E-state index in [9.17, 15) is 10.0 Å². The molecule has 0 amide bonds. The lowest BCUT2D eigenvalue weighted by Crippen LogP contribution is -2.47. The van der Waals surface area contributed by atoms with Crippen molar-refractivity contribution in [1.29, 1.82) is 5.41 Å². The maximum atomic E-state index is 11.3. The maximum absolute atomic E-state index is 11.3. The van der Waals surface area contributed by atoms with E-state index in [2.05, 4.69) is 15.0 Å². The molecule has 7 heteroatoms. The predicted octanol–water partition coefficient (Wildman–Crippen LogP) is -1.90. The van der Waals surface area contributed by atoms with Crippen molar-refractivity contribution < 1.29 is 9.94 Å². The van der Waals surface area contributed by atoms with Gasteiger partial charge in [0.05, 0.1) is 12.5 Å². The molecule has 1 rings (SSSR count). The summed E-state index contributed by atoms with van der Waals surface area (Å²) in [6.07, 6.45) is 0. The molecule has 0 spiro atoms. The molecule has 0 bridgehead atoms. The Morgan fingerprint density at radius 3 is 2.64 bits per heavy atom. The first-order valence-corrected chi connectivity index (χ1v) is 3.47. The molecule has 2 N–H and O–H groups in total. The fourth-order valence-electron chi connectivity index (χ4n) is 0.955. The summed E-state index contributed by atoms with van der Waals surface area (Å²) < 4.78 is 4.66. The van der Waals surface area contributed by atoms with Gasteiger partial charge < -0.3 is 20.3 Å². The first kappa shape index (κ1) is 9.90. The molecular formula is C7H6N3O4-. The van der Waals surface area contributed by atoms with Gasteiger partial charge in [0.25, 0.3) is 0 Å². The van der Waals surface area contributed by atoms with E-state index in [4.69, 9.17) is 10.6 Å². The number of nitrogens with zero attached hydrogens (tertiary/aromatic N) is 2. The molecule has 0 fully saturated rings. The Morgan fingerprint density at radius 1 is 1.57 bits per heavy atom. The Labute approximate surface area is 77.0 Å². The van der Waals surface area contributed by atoms with E-state index in [1.807, 2.05) is 0 Å². The highest BCUT2D eigenvalue weighted by molar-refractivity contribution is 5.20. The largest absolute Gasteiger partial charge is 0.791 e. The minimum atomic E-state index is -0.924. The summed E-state index contributed by atoms with van der Waals surface area (Å²) in [7, 11) is 1.23. The molecule has 0 aliphatic rings. The van der Waals surface area contributed by atoms with E-state index < -0.39 is 16.1 Å². The fraction of sp³-hybridized carbons (Fsp3) is 0.143. The van der Waals surface area contributed by atoms with Gasteiger partial charge in [-0.15, -0.1) is 0 Å². The Morgan fingerprint density at radius 2 is 2.21 bits per heavy atom. The van der Waals surface area contributed by atoms with Gasteiger partial charge in [-0.3, -0.25) is 10.2 Å². The van der Waals surface area contributed by atoms with Gasteiger partial charge in [-0.05, 0) is 0 Å². The first-order chi connectivity index (χ1) is 6.65. The van der Waals surface area contributed by atoms with Crippen LogP contribution >= 0.6 is 0 Å². The molecule has 74 valence electrons. The van der Waals surface area contributed by atoms with Crippen molar-refractivity contribution in [2.24, 2.45) is 10.3 Å². The summed E-state index contributed by atoms with van der Waals surface area (Å²) in [6, 6.07) is 1.08. The van der Waals surface area contributed by atoms with Gasteiger partial charge in [0.15, 0.2) is 5.36 Å². The molecule has 0 radical (unpaired) electrons. The Bertz CT molecular complexity index is 554. The van der Waals surface area contributed by atoms with Crippen LogP contribution in [0, 0.1) is 10.6 Å². The lowest BCUT2D eigenvalue weighted by molar-refractivity contribution is 0.299. The molecule has 0 aromatic heterocycles. The molecule has 1 aromatic rings. The standard InChI is InChI=1S/C7H7N3O4/c1-14-4-2-3(8)5(9-12)7(11)6(4)10-13/h2,8,12-13H,1H3/p-1. The third-order valence-corrected chi connectivity index (χ3v) is 1.61. The topological polar surface area (TPSA) is 118 Å². The summed E-state index contributed by atoms with van der Waals surface area (Å²) in [5, 5.41) is 29.6.